The lowest BCUT2D eigenvalue weighted by molar-refractivity contribution is -0.139. The highest BCUT2D eigenvalue weighted by atomic mass is 28.4. The zero-order chi connectivity index (χ0) is 19.0. The van der Waals surface area contributed by atoms with E-state index in [9.17, 15) is 4.79 Å². The number of hydrogen-bond donors (Lipinski definition) is 1. The van der Waals surface area contributed by atoms with Crippen molar-refractivity contribution in [2.24, 2.45) is 0 Å². The average Bonchev–Trinajstić information content (AvgIpc) is 2.46. The lowest BCUT2D eigenvalue weighted by Gasteiger charge is -2.39. The summed E-state index contributed by atoms with van der Waals surface area (Å²) in [6, 6.07) is 0. The third kappa shape index (κ3) is 8.60. The first-order valence-electron chi connectivity index (χ1n) is 9.19. The van der Waals surface area contributed by atoms with Crippen LogP contribution in [-0.2, 0) is 14.0 Å². The summed E-state index contributed by atoms with van der Waals surface area (Å²) in [6.07, 6.45) is 3.28. The Kier molecular flexibility index (Phi) is 10.3. The molecule has 0 saturated heterocycles. The van der Waals surface area contributed by atoms with Crippen LogP contribution in [0.15, 0.2) is 12.2 Å². The SMILES string of the molecule is C=C(C)C(=O)OCCC(C)[Si](C)(C)OC(C)[Si](C)(C)NCCCC. The summed E-state index contributed by atoms with van der Waals surface area (Å²) < 4.78 is 11.8. The molecule has 0 amide bonds. The Morgan fingerprint density at radius 1 is 1.21 bits per heavy atom. The van der Waals surface area contributed by atoms with Crippen molar-refractivity contribution in [3.8, 4) is 0 Å². The smallest absolute Gasteiger partial charge is 0.333 e. The number of nitrogens with one attached hydrogen (secondary N) is 1. The summed E-state index contributed by atoms with van der Waals surface area (Å²) in [6.45, 7) is 22.7. The summed E-state index contributed by atoms with van der Waals surface area (Å²) in [5.41, 5.74) is 1.16. The lowest BCUT2D eigenvalue weighted by Crippen LogP contribution is -2.58. The highest BCUT2D eigenvalue weighted by molar-refractivity contribution is 6.78. The Morgan fingerprint density at radius 2 is 1.79 bits per heavy atom. The minimum absolute atomic E-state index is 0.274. The van der Waals surface area contributed by atoms with Gasteiger partial charge in [0, 0.05) is 11.3 Å². The summed E-state index contributed by atoms with van der Waals surface area (Å²) in [5, 5.41) is 0. The van der Waals surface area contributed by atoms with E-state index in [0.717, 1.165) is 13.0 Å². The molecule has 2 atom stereocenters. The van der Waals surface area contributed by atoms with Crippen molar-refractivity contribution < 1.29 is 14.0 Å². The molecule has 0 aromatic carbocycles. The second kappa shape index (κ2) is 10.5. The highest BCUT2D eigenvalue weighted by Crippen LogP contribution is 2.29. The quantitative estimate of drug-likeness (QED) is 0.234. The van der Waals surface area contributed by atoms with Crippen LogP contribution in [0.2, 0.25) is 31.7 Å². The van der Waals surface area contributed by atoms with E-state index in [1.165, 1.54) is 12.8 Å². The van der Waals surface area contributed by atoms with E-state index in [-0.39, 0.29) is 11.7 Å². The third-order valence-corrected chi connectivity index (χ3v) is 12.1. The van der Waals surface area contributed by atoms with Gasteiger partial charge in [0.2, 0.25) is 0 Å². The predicted molar refractivity (Wildman–Crippen MR) is 108 cm³/mol. The maximum absolute atomic E-state index is 11.5. The minimum atomic E-state index is -1.85. The van der Waals surface area contributed by atoms with Crippen molar-refractivity contribution in [2.75, 3.05) is 13.2 Å². The Morgan fingerprint density at radius 3 is 2.29 bits per heavy atom. The molecule has 24 heavy (non-hydrogen) atoms. The van der Waals surface area contributed by atoms with E-state index in [0.29, 0.717) is 17.7 Å². The maximum Gasteiger partial charge on any atom is 0.333 e. The molecule has 0 aromatic heterocycles. The van der Waals surface area contributed by atoms with Crippen molar-refractivity contribution in [1.82, 2.24) is 4.98 Å². The standard InChI is InChI=1S/C18H39NO3Si2/c1-10-11-13-19-23(6,7)17(5)22-24(8,9)16(4)12-14-21-18(20)15(2)3/h16-17,19H,2,10-14H2,1,3-9H3. The molecule has 0 aliphatic heterocycles. The van der Waals surface area contributed by atoms with Crippen LogP contribution in [-0.4, -0.2) is 41.4 Å². The number of carbonyl (C=O) groups is 1. The molecule has 0 fully saturated rings. The number of rotatable bonds is 12. The van der Waals surface area contributed by atoms with Gasteiger partial charge in [0.05, 0.1) is 6.61 Å². The van der Waals surface area contributed by atoms with Crippen LogP contribution in [0.25, 0.3) is 0 Å². The van der Waals surface area contributed by atoms with Gasteiger partial charge in [-0.25, -0.2) is 4.79 Å². The second-order valence-electron chi connectivity index (χ2n) is 7.97. The number of esters is 1. The largest absolute Gasteiger partial charge is 0.462 e. The Balaban J connectivity index is 4.47. The Hall–Kier alpha value is -0.436. The molecular formula is C18H39NO3Si2. The van der Waals surface area contributed by atoms with Crippen molar-refractivity contribution in [3.05, 3.63) is 12.2 Å². The third-order valence-electron chi connectivity index (χ3n) is 4.93. The molecule has 0 aliphatic rings. The topological polar surface area (TPSA) is 47.6 Å². The number of ether oxygens (including phenoxy) is 1. The van der Waals surface area contributed by atoms with Gasteiger partial charge in [-0.05, 0) is 51.9 Å². The summed E-state index contributed by atoms with van der Waals surface area (Å²) in [5.74, 6) is -0.301. The molecule has 6 heteroatoms. The van der Waals surface area contributed by atoms with E-state index in [1.807, 2.05) is 0 Å². The minimum Gasteiger partial charge on any atom is -0.462 e. The van der Waals surface area contributed by atoms with Crippen molar-refractivity contribution >= 4 is 22.5 Å². The van der Waals surface area contributed by atoms with Crippen LogP contribution in [0.5, 0.6) is 0 Å². The molecule has 1 N–H and O–H groups in total. The van der Waals surface area contributed by atoms with Gasteiger partial charge in [0.25, 0.3) is 0 Å². The fourth-order valence-electron chi connectivity index (χ4n) is 2.25. The molecule has 2 unspecified atom stereocenters. The molecule has 4 nitrogen and oxygen atoms in total. The van der Waals surface area contributed by atoms with Gasteiger partial charge in [0.15, 0.2) is 8.32 Å². The molecule has 0 heterocycles. The molecule has 0 rings (SSSR count). The predicted octanol–water partition coefficient (Wildman–Crippen LogP) is 4.63. The molecule has 0 bridgehead atoms. The fraction of sp³-hybridized carbons (Fsp3) is 0.833. The van der Waals surface area contributed by atoms with Gasteiger partial charge >= 0.3 is 5.97 Å². The number of unbranched alkanes of at least 4 members (excludes halogenated alkanes) is 1. The van der Waals surface area contributed by atoms with Gasteiger partial charge in [0.1, 0.15) is 8.24 Å². The van der Waals surface area contributed by atoms with E-state index in [4.69, 9.17) is 9.16 Å². The fourth-order valence-corrected chi connectivity index (χ4v) is 7.40. The van der Waals surface area contributed by atoms with E-state index in [1.54, 1.807) is 6.92 Å². The Labute approximate surface area is 151 Å². The monoisotopic (exact) mass is 373 g/mol. The van der Waals surface area contributed by atoms with Gasteiger partial charge < -0.3 is 14.1 Å². The average molecular weight is 374 g/mol. The molecule has 142 valence electrons. The van der Waals surface area contributed by atoms with Crippen molar-refractivity contribution in [3.63, 3.8) is 0 Å². The first kappa shape index (κ1) is 23.6. The van der Waals surface area contributed by atoms with Gasteiger partial charge in [-0.15, -0.1) is 0 Å². The molecule has 0 radical (unpaired) electrons. The normalized spacial score (nSPS) is 15.0. The van der Waals surface area contributed by atoms with Crippen LogP contribution in [0.4, 0.5) is 0 Å². The zero-order valence-electron chi connectivity index (χ0n) is 17.1. The van der Waals surface area contributed by atoms with E-state index < -0.39 is 16.6 Å². The number of carbonyl (C=O) groups excluding carboxylic acids is 1. The summed E-state index contributed by atoms with van der Waals surface area (Å²) in [4.78, 5) is 15.2. The highest BCUT2D eigenvalue weighted by Gasteiger charge is 2.37. The Bertz CT molecular complexity index is 411. The van der Waals surface area contributed by atoms with Crippen LogP contribution in [0.1, 0.15) is 47.0 Å². The summed E-state index contributed by atoms with van der Waals surface area (Å²) in [7, 11) is -3.44. The molecule has 0 saturated carbocycles. The van der Waals surface area contributed by atoms with Gasteiger partial charge in [-0.2, -0.15) is 0 Å². The van der Waals surface area contributed by atoms with Crippen LogP contribution in [0.3, 0.4) is 0 Å². The van der Waals surface area contributed by atoms with E-state index in [2.05, 4.69) is 58.5 Å². The molecular weight excluding hydrogens is 334 g/mol. The van der Waals surface area contributed by atoms with Crippen molar-refractivity contribution in [1.29, 1.82) is 0 Å². The zero-order valence-corrected chi connectivity index (χ0v) is 19.1. The first-order valence-corrected chi connectivity index (χ1v) is 15.3. The molecule has 0 aromatic rings. The summed E-state index contributed by atoms with van der Waals surface area (Å²) >= 11 is 0. The van der Waals surface area contributed by atoms with E-state index >= 15 is 0 Å². The van der Waals surface area contributed by atoms with Crippen molar-refractivity contribution in [2.45, 2.75) is 84.4 Å². The van der Waals surface area contributed by atoms with Gasteiger partial charge in [-0.3, -0.25) is 0 Å². The number of hydrogen-bond acceptors (Lipinski definition) is 4. The van der Waals surface area contributed by atoms with Crippen LogP contribution >= 0.6 is 0 Å². The van der Waals surface area contributed by atoms with Gasteiger partial charge in [-0.1, -0.05) is 39.9 Å². The van der Waals surface area contributed by atoms with Crippen LogP contribution in [0, 0.1) is 0 Å². The molecule has 0 spiro atoms. The van der Waals surface area contributed by atoms with Crippen LogP contribution < -0.4 is 4.98 Å². The molecule has 0 aliphatic carbocycles. The first-order chi connectivity index (χ1) is 10.9. The maximum atomic E-state index is 11.5. The second-order valence-corrected chi connectivity index (χ2v) is 17.0. The lowest BCUT2D eigenvalue weighted by atomic mass is 10.3.